The molecule has 1 atom stereocenters. The molecule has 0 aromatic heterocycles. The van der Waals surface area contributed by atoms with Gasteiger partial charge in [0.1, 0.15) is 5.60 Å². The molecule has 0 amide bonds. The van der Waals surface area contributed by atoms with Gasteiger partial charge >= 0.3 is 5.97 Å². The maximum absolute atomic E-state index is 11.4. The van der Waals surface area contributed by atoms with E-state index in [4.69, 9.17) is 28.6 Å². The SMILES string of the molecule is CC(C)(C)OC(=O)CCOCCOCCOCCOCCNP(=O)([O-])O. The number of esters is 1. The average Bonchev–Trinajstić information content (AvgIpc) is 2.48. The van der Waals surface area contributed by atoms with Gasteiger partial charge in [-0.25, -0.2) is 0 Å². The van der Waals surface area contributed by atoms with E-state index < -0.39 is 13.3 Å². The smallest absolute Gasteiger partial charge is 0.308 e. The second-order valence-corrected chi connectivity index (χ2v) is 7.57. The van der Waals surface area contributed by atoms with Gasteiger partial charge in [0.05, 0.1) is 59.3 Å². The highest BCUT2D eigenvalue weighted by Gasteiger charge is 2.15. The maximum Gasteiger partial charge on any atom is 0.308 e. The summed E-state index contributed by atoms with van der Waals surface area (Å²) in [5, 5.41) is 1.91. The zero-order valence-electron chi connectivity index (χ0n) is 15.7. The van der Waals surface area contributed by atoms with Gasteiger partial charge in [0.2, 0.25) is 7.75 Å². The molecule has 0 saturated carbocycles. The molecular weight excluding hydrogens is 369 g/mol. The molecule has 0 heterocycles. The van der Waals surface area contributed by atoms with Crippen molar-refractivity contribution in [2.24, 2.45) is 0 Å². The molecule has 11 heteroatoms. The normalized spacial score (nSPS) is 14.2. The number of nitrogens with one attached hydrogen (secondary N) is 1. The first-order valence-corrected chi connectivity index (χ1v) is 10.00. The van der Waals surface area contributed by atoms with Crippen molar-refractivity contribution in [3.05, 3.63) is 0 Å². The molecule has 0 aliphatic rings. The molecule has 0 radical (unpaired) electrons. The summed E-state index contributed by atoms with van der Waals surface area (Å²) < 4.78 is 36.4. The lowest BCUT2D eigenvalue weighted by Gasteiger charge is -2.19. The van der Waals surface area contributed by atoms with Crippen LogP contribution >= 0.6 is 7.75 Å². The monoisotopic (exact) mass is 400 g/mol. The largest absolute Gasteiger partial charge is 0.766 e. The second-order valence-electron chi connectivity index (χ2n) is 6.21. The Labute approximate surface area is 154 Å². The number of ether oxygens (including phenoxy) is 5. The summed E-state index contributed by atoms with van der Waals surface area (Å²) in [4.78, 5) is 30.2. The van der Waals surface area contributed by atoms with Crippen LogP contribution in [0.5, 0.6) is 0 Å². The van der Waals surface area contributed by atoms with Crippen molar-refractivity contribution in [2.45, 2.75) is 32.8 Å². The maximum atomic E-state index is 11.4. The molecule has 0 bridgehead atoms. The van der Waals surface area contributed by atoms with Gasteiger partial charge < -0.3 is 33.5 Å². The van der Waals surface area contributed by atoms with Crippen LogP contribution in [-0.2, 0) is 33.0 Å². The minimum absolute atomic E-state index is 0.00825. The van der Waals surface area contributed by atoms with Crippen molar-refractivity contribution in [1.82, 2.24) is 5.09 Å². The Balaban J connectivity index is 3.20. The van der Waals surface area contributed by atoms with Crippen LogP contribution in [0.4, 0.5) is 0 Å². The van der Waals surface area contributed by atoms with Gasteiger partial charge in [0.15, 0.2) is 0 Å². The molecule has 2 N–H and O–H groups in total. The molecule has 26 heavy (non-hydrogen) atoms. The van der Waals surface area contributed by atoms with E-state index in [1.165, 1.54) is 0 Å². The molecule has 0 aliphatic heterocycles. The van der Waals surface area contributed by atoms with Crippen molar-refractivity contribution < 1.29 is 42.8 Å². The van der Waals surface area contributed by atoms with E-state index in [0.29, 0.717) is 46.2 Å². The van der Waals surface area contributed by atoms with Crippen molar-refractivity contribution in [3.8, 4) is 0 Å². The predicted molar refractivity (Wildman–Crippen MR) is 91.6 cm³/mol. The fourth-order valence-electron chi connectivity index (χ4n) is 1.57. The summed E-state index contributed by atoms with van der Waals surface area (Å²) in [6.07, 6.45) is 0.209. The Bertz CT molecular complexity index is 408. The topological polar surface area (TPSA) is 136 Å². The van der Waals surface area contributed by atoms with Gasteiger partial charge in [0.25, 0.3) is 0 Å². The zero-order valence-corrected chi connectivity index (χ0v) is 16.6. The molecule has 0 aromatic carbocycles. The summed E-state index contributed by atoms with van der Waals surface area (Å²) in [6, 6.07) is 0. The minimum atomic E-state index is -4.42. The van der Waals surface area contributed by atoms with E-state index >= 15 is 0 Å². The molecular formula is C15H31NO9P-. The molecule has 0 aromatic rings. The summed E-state index contributed by atoms with van der Waals surface area (Å²) in [6.45, 7) is 8.13. The summed E-state index contributed by atoms with van der Waals surface area (Å²) in [5.74, 6) is -0.289. The first-order chi connectivity index (χ1) is 12.1. The lowest BCUT2D eigenvalue weighted by Crippen LogP contribution is -2.24. The Kier molecular flexibility index (Phi) is 14.2. The lowest BCUT2D eigenvalue weighted by molar-refractivity contribution is -0.197. The van der Waals surface area contributed by atoms with Crippen LogP contribution in [0.25, 0.3) is 0 Å². The van der Waals surface area contributed by atoms with Crippen molar-refractivity contribution in [3.63, 3.8) is 0 Å². The number of hydrogen-bond acceptors (Lipinski definition) is 8. The average molecular weight is 400 g/mol. The van der Waals surface area contributed by atoms with E-state index in [9.17, 15) is 14.3 Å². The van der Waals surface area contributed by atoms with Gasteiger partial charge in [-0.3, -0.25) is 14.4 Å². The van der Waals surface area contributed by atoms with Gasteiger partial charge in [-0.1, -0.05) is 0 Å². The molecule has 156 valence electrons. The third-order valence-corrected chi connectivity index (χ3v) is 3.17. The highest BCUT2D eigenvalue weighted by molar-refractivity contribution is 7.48. The highest BCUT2D eigenvalue weighted by Crippen LogP contribution is 2.20. The number of hydrogen-bond donors (Lipinski definition) is 2. The standard InChI is InChI=1S/C15H32NO9P/c1-15(2,3)25-14(17)4-6-21-8-10-23-12-13-24-11-9-22-7-5-16-26(18,19)20/h4-13H2,1-3H3,(H3,16,18,19,20)/p-1. The summed E-state index contributed by atoms with van der Waals surface area (Å²) in [7, 11) is -4.42. The van der Waals surface area contributed by atoms with Crippen LogP contribution in [-0.4, -0.2) is 75.9 Å². The number of rotatable bonds is 16. The first kappa shape index (κ1) is 25.4. The first-order valence-electron chi connectivity index (χ1n) is 8.42. The zero-order chi connectivity index (χ0) is 19.9. The van der Waals surface area contributed by atoms with Crippen molar-refractivity contribution >= 4 is 13.7 Å². The molecule has 0 spiro atoms. The summed E-state index contributed by atoms with van der Waals surface area (Å²) in [5.41, 5.74) is -0.484. The third kappa shape index (κ3) is 21.5. The van der Waals surface area contributed by atoms with Gasteiger partial charge in [-0.2, -0.15) is 0 Å². The van der Waals surface area contributed by atoms with Crippen LogP contribution in [0, 0.1) is 0 Å². The van der Waals surface area contributed by atoms with Crippen LogP contribution < -0.4 is 9.98 Å². The summed E-state index contributed by atoms with van der Waals surface area (Å²) >= 11 is 0. The van der Waals surface area contributed by atoms with Crippen LogP contribution in [0.15, 0.2) is 0 Å². The second kappa shape index (κ2) is 14.5. The van der Waals surface area contributed by atoms with Gasteiger partial charge in [-0.15, -0.1) is 0 Å². The molecule has 1 unspecified atom stereocenters. The fourth-order valence-corrected chi connectivity index (χ4v) is 1.94. The van der Waals surface area contributed by atoms with Crippen LogP contribution in [0.3, 0.4) is 0 Å². The molecule has 0 fully saturated rings. The molecule has 10 nitrogen and oxygen atoms in total. The number of carbonyl (C=O) groups is 1. The Morgan fingerprint density at radius 3 is 1.77 bits per heavy atom. The van der Waals surface area contributed by atoms with E-state index in [-0.39, 0.29) is 25.5 Å². The Morgan fingerprint density at radius 2 is 1.35 bits per heavy atom. The Morgan fingerprint density at radius 1 is 0.923 bits per heavy atom. The van der Waals surface area contributed by atoms with Crippen molar-refractivity contribution in [2.75, 3.05) is 59.4 Å². The molecule has 0 saturated heterocycles. The van der Waals surface area contributed by atoms with Crippen molar-refractivity contribution in [1.29, 1.82) is 0 Å². The Hall–Kier alpha value is -0.580. The van der Waals surface area contributed by atoms with E-state index in [1.807, 2.05) is 25.9 Å². The van der Waals surface area contributed by atoms with Crippen LogP contribution in [0.2, 0.25) is 0 Å². The van der Waals surface area contributed by atoms with Crippen LogP contribution in [0.1, 0.15) is 27.2 Å². The third-order valence-electron chi connectivity index (χ3n) is 2.54. The predicted octanol–water partition coefficient (Wildman–Crippen LogP) is -0.165. The van der Waals surface area contributed by atoms with Gasteiger partial charge in [0, 0.05) is 6.54 Å². The lowest BCUT2D eigenvalue weighted by atomic mass is 10.2. The van der Waals surface area contributed by atoms with E-state index in [0.717, 1.165) is 0 Å². The fraction of sp³-hybridized carbons (Fsp3) is 0.933. The van der Waals surface area contributed by atoms with Gasteiger partial charge in [-0.05, 0) is 20.8 Å². The molecule has 0 aliphatic carbocycles. The minimum Gasteiger partial charge on any atom is -0.766 e. The quantitative estimate of drug-likeness (QED) is 0.204. The highest BCUT2D eigenvalue weighted by atomic mass is 31.2. The van der Waals surface area contributed by atoms with E-state index in [2.05, 4.69) is 0 Å². The molecule has 0 rings (SSSR count). The van der Waals surface area contributed by atoms with E-state index in [1.54, 1.807) is 0 Å². The number of carbonyl (C=O) groups excluding carboxylic acids is 1.